The molecule has 32 heavy (non-hydrogen) atoms. The maximum atomic E-state index is 11.8. The predicted molar refractivity (Wildman–Crippen MR) is 133 cm³/mol. The van der Waals surface area contributed by atoms with Crippen molar-refractivity contribution in [2.24, 2.45) is 0 Å². The number of carboxylic acids is 1. The summed E-state index contributed by atoms with van der Waals surface area (Å²) in [5.41, 5.74) is 0. The molecule has 2 N–H and O–H groups in total. The number of ketones is 1. The lowest BCUT2D eigenvalue weighted by molar-refractivity contribution is -0.137. The monoisotopic (exact) mass is 453 g/mol. The smallest absolute Gasteiger partial charge is 0.303 e. The van der Waals surface area contributed by atoms with Crippen molar-refractivity contribution in [3.63, 3.8) is 0 Å². The summed E-state index contributed by atoms with van der Waals surface area (Å²) in [6.45, 7) is 2.44. The Morgan fingerprint density at radius 2 is 0.844 bits per heavy atom. The molecule has 0 bridgehead atoms. The van der Waals surface area contributed by atoms with E-state index < -0.39 is 5.97 Å². The number of hydrogen-bond acceptors (Lipinski definition) is 3. The molecule has 1 amide bonds. The summed E-state index contributed by atoms with van der Waals surface area (Å²) in [6.07, 6.45) is 24.0. The third kappa shape index (κ3) is 26.6. The summed E-state index contributed by atoms with van der Waals surface area (Å²) in [5, 5.41) is 11.6. The van der Waals surface area contributed by atoms with E-state index in [1.165, 1.54) is 64.2 Å². The molecular formula is C27H51NO4. The van der Waals surface area contributed by atoms with Crippen molar-refractivity contribution < 1.29 is 19.5 Å². The van der Waals surface area contributed by atoms with Crippen molar-refractivity contribution in [2.45, 2.75) is 148 Å². The molecule has 188 valence electrons. The lowest BCUT2D eigenvalue weighted by Gasteiger charge is -2.06. The number of unbranched alkanes of at least 4 members (excludes halogenated alkanes) is 17. The SMILES string of the molecule is CC(=O)CCCCCCCNC(=O)CCCCCCCCCCCCCCCCC(=O)O. The van der Waals surface area contributed by atoms with Crippen LogP contribution in [-0.2, 0) is 14.4 Å². The average Bonchev–Trinajstić information content (AvgIpc) is 2.74. The molecule has 0 aromatic heterocycles. The van der Waals surface area contributed by atoms with Crippen LogP contribution < -0.4 is 5.32 Å². The zero-order valence-electron chi connectivity index (χ0n) is 20.9. The van der Waals surface area contributed by atoms with Crippen LogP contribution in [0.15, 0.2) is 0 Å². The molecule has 0 heterocycles. The molecule has 0 aromatic rings. The normalized spacial score (nSPS) is 10.9. The Kier molecular flexibility index (Phi) is 23.2. The number of carbonyl (C=O) groups excluding carboxylic acids is 2. The molecule has 0 radical (unpaired) electrons. The summed E-state index contributed by atoms with van der Waals surface area (Å²) in [7, 11) is 0. The highest BCUT2D eigenvalue weighted by Crippen LogP contribution is 2.14. The third-order valence-electron chi connectivity index (χ3n) is 6.07. The van der Waals surface area contributed by atoms with Gasteiger partial charge in [0, 0.05) is 25.8 Å². The highest BCUT2D eigenvalue weighted by atomic mass is 16.4. The second-order valence-corrected chi connectivity index (χ2v) is 9.41. The molecule has 0 aromatic carbocycles. The Balaban J connectivity index is 3.16. The van der Waals surface area contributed by atoms with Crippen LogP contribution in [0.5, 0.6) is 0 Å². The van der Waals surface area contributed by atoms with E-state index in [2.05, 4.69) is 5.32 Å². The Morgan fingerprint density at radius 3 is 1.25 bits per heavy atom. The van der Waals surface area contributed by atoms with Crippen LogP contribution in [0.4, 0.5) is 0 Å². The predicted octanol–water partition coefficient (Wildman–Crippen LogP) is 7.36. The van der Waals surface area contributed by atoms with Crippen LogP contribution in [0.3, 0.4) is 0 Å². The Labute approximate surface area is 197 Å². The van der Waals surface area contributed by atoms with Crippen LogP contribution in [0.25, 0.3) is 0 Å². The number of nitrogens with one attached hydrogen (secondary N) is 1. The molecule has 0 rings (SSSR count). The van der Waals surface area contributed by atoms with Gasteiger partial charge in [-0.25, -0.2) is 0 Å². The molecule has 0 atom stereocenters. The van der Waals surface area contributed by atoms with Gasteiger partial charge in [-0.05, 0) is 32.6 Å². The van der Waals surface area contributed by atoms with E-state index in [9.17, 15) is 14.4 Å². The first-order valence-corrected chi connectivity index (χ1v) is 13.5. The van der Waals surface area contributed by atoms with Gasteiger partial charge < -0.3 is 15.2 Å². The number of aliphatic carboxylic acids is 1. The summed E-state index contributed by atoms with van der Waals surface area (Å²) >= 11 is 0. The third-order valence-corrected chi connectivity index (χ3v) is 6.07. The van der Waals surface area contributed by atoms with Gasteiger partial charge in [0.2, 0.25) is 5.91 Å². The van der Waals surface area contributed by atoms with E-state index in [4.69, 9.17) is 5.11 Å². The van der Waals surface area contributed by atoms with Crippen molar-refractivity contribution in [1.82, 2.24) is 5.32 Å². The molecule has 0 saturated heterocycles. The summed E-state index contributed by atoms with van der Waals surface area (Å²) in [5.74, 6) is -0.196. The van der Waals surface area contributed by atoms with E-state index in [1.54, 1.807) is 6.92 Å². The second-order valence-electron chi connectivity index (χ2n) is 9.41. The Morgan fingerprint density at radius 1 is 0.500 bits per heavy atom. The summed E-state index contributed by atoms with van der Waals surface area (Å²) < 4.78 is 0. The fraction of sp³-hybridized carbons (Fsp3) is 0.889. The highest BCUT2D eigenvalue weighted by molar-refractivity contribution is 5.75. The molecule has 0 aliphatic carbocycles. The average molecular weight is 454 g/mol. The van der Waals surface area contributed by atoms with Crippen molar-refractivity contribution in [3.05, 3.63) is 0 Å². The molecule has 0 saturated carbocycles. The van der Waals surface area contributed by atoms with Gasteiger partial charge in [0.15, 0.2) is 0 Å². The van der Waals surface area contributed by atoms with Crippen LogP contribution in [0.2, 0.25) is 0 Å². The van der Waals surface area contributed by atoms with Crippen molar-refractivity contribution in [2.75, 3.05) is 6.54 Å². The van der Waals surface area contributed by atoms with E-state index >= 15 is 0 Å². The van der Waals surface area contributed by atoms with E-state index in [-0.39, 0.29) is 11.7 Å². The first-order valence-electron chi connectivity index (χ1n) is 13.5. The van der Waals surface area contributed by atoms with Crippen LogP contribution in [-0.4, -0.2) is 29.3 Å². The maximum absolute atomic E-state index is 11.8. The minimum atomic E-state index is -0.674. The second kappa shape index (κ2) is 24.3. The topological polar surface area (TPSA) is 83.5 Å². The van der Waals surface area contributed by atoms with Gasteiger partial charge in [0.05, 0.1) is 0 Å². The zero-order valence-corrected chi connectivity index (χ0v) is 20.9. The molecule has 0 unspecified atom stereocenters. The lowest BCUT2D eigenvalue weighted by Crippen LogP contribution is -2.23. The largest absolute Gasteiger partial charge is 0.481 e. The van der Waals surface area contributed by atoms with E-state index in [0.29, 0.717) is 19.3 Å². The van der Waals surface area contributed by atoms with Gasteiger partial charge in [-0.3, -0.25) is 9.59 Å². The molecule has 0 aliphatic heterocycles. The molecule has 5 heteroatoms. The number of amides is 1. The minimum absolute atomic E-state index is 0.198. The number of carbonyl (C=O) groups is 3. The standard InChI is InChI=1S/C27H51NO4/c1-25(29)21-17-13-12-16-20-24-28-26(30)22-18-14-10-8-6-4-2-3-5-7-9-11-15-19-23-27(31)32/h2-24H2,1H3,(H,28,30)(H,31,32). The Hall–Kier alpha value is -1.39. The molecule has 0 spiro atoms. The van der Waals surface area contributed by atoms with Crippen LogP contribution >= 0.6 is 0 Å². The van der Waals surface area contributed by atoms with E-state index in [1.807, 2.05) is 0 Å². The molecule has 0 fully saturated rings. The van der Waals surface area contributed by atoms with Crippen molar-refractivity contribution in [1.29, 1.82) is 0 Å². The van der Waals surface area contributed by atoms with E-state index in [0.717, 1.165) is 64.3 Å². The van der Waals surface area contributed by atoms with Crippen molar-refractivity contribution in [3.8, 4) is 0 Å². The van der Waals surface area contributed by atoms with Gasteiger partial charge in [-0.1, -0.05) is 96.3 Å². The Bertz CT molecular complexity index is 465. The first-order chi connectivity index (χ1) is 15.5. The number of rotatable bonds is 25. The minimum Gasteiger partial charge on any atom is -0.481 e. The number of carboxylic acid groups (broad SMARTS) is 1. The highest BCUT2D eigenvalue weighted by Gasteiger charge is 2.01. The molecule has 0 aliphatic rings. The fourth-order valence-corrected chi connectivity index (χ4v) is 4.03. The van der Waals surface area contributed by atoms with Gasteiger partial charge in [-0.2, -0.15) is 0 Å². The van der Waals surface area contributed by atoms with Gasteiger partial charge in [-0.15, -0.1) is 0 Å². The van der Waals surface area contributed by atoms with Gasteiger partial charge >= 0.3 is 5.97 Å². The fourth-order valence-electron chi connectivity index (χ4n) is 4.03. The van der Waals surface area contributed by atoms with Gasteiger partial charge in [0.25, 0.3) is 0 Å². The number of hydrogen-bond donors (Lipinski definition) is 2. The van der Waals surface area contributed by atoms with Gasteiger partial charge in [0.1, 0.15) is 5.78 Å². The van der Waals surface area contributed by atoms with Crippen LogP contribution in [0.1, 0.15) is 148 Å². The molecule has 5 nitrogen and oxygen atoms in total. The first kappa shape index (κ1) is 30.6. The van der Waals surface area contributed by atoms with Crippen LogP contribution in [0, 0.1) is 0 Å². The quantitative estimate of drug-likeness (QED) is 0.141. The number of Topliss-reactive ketones (excluding diaryl/α,β-unsaturated/α-hetero) is 1. The lowest BCUT2D eigenvalue weighted by atomic mass is 10.0. The summed E-state index contributed by atoms with van der Waals surface area (Å²) in [4.78, 5) is 33.1. The zero-order chi connectivity index (χ0) is 23.7. The maximum Gasteiger partial charge on any atom is 0.303 e. The summed E-state index contributed by atoms with van der Waals surface area (Å²) in [6, 6.07) is 0. The molecular weight excluding hydrogens is 402 g/mol. The van der Waals surface area contributed by atoms with Crippen molar-refractivity contribution >= 4 is 17.7 Å².